The van der Waals surface area contributed by atoms with Gasteiger partial charge in [-0.2, -0.15) is 0 Å². The average molecular weight is 275 g/mol. The van der Waals surface area contributed by atoms with E-state index in [-0.39, 0.29) is 11.5 Å². The van der Waals surface area contributed by atoms with E-state index in [4.69, 9.17) is 9.84 Å². The van der Waals surface area contributed by atoms with Crippen LogP contribution >= 0.6 is 0 Å². The van der Waals surface area contributed by atoms with E-state index in [1.165, 1.54) is 17.8 Å². The average Bonchev–Trinajstić information content (AvgIpc) is 2.88. The molecule has 0 fully saturated rings. The summed E-state index contributed by atoms with van der Waals surface area (Å²) in [6.45, 7) is 2.21. The summed E-state index contributed by atoms with van der Waals surface area (Å²) in [6, 6.07) is 6.80. The number of Topliss-reactive ketones (excluding diaryl/α,β-unsaturated/α-hetero) is 1. The van der Waals surface area contributed by atoms with E-state index < -0.39 is 5.97 Å². The van der Waals surface area contributed by atoms with Gasteiger partial charge in [-0.05, 0) is 31.2 Å². The number of carboxylic acids is 1. The van der Waals surface area contributed by atoms with E-state index >= 15 is 0 Å². The highest BCUT2D eigenvalue weighted by molar-refractivity contribution is 5.94. The molecule has 0 aliphatic heterocycles. The summed E-state index contributed by atoms with van der Waals surface area (Å²) in [5.74, 6) is -0.481. The van der Waals surface area contributed by atoms with E-state index in [1.54, 1.807) is 24.3 Å². The zero-order valence-electron chi connectivity index (χ0n) is 10.8. The van der Waals surface area contributed by atoms with Gasteiger partial charge in [-0.3, -0.25) is 4.79 Å². The van der Waals surface area contributed by atoms with Gasteiger partial charge in [-0.1, -0.05) is 5.21 Å². The molecule has 1 heterocycles. The lowest BCUT2D eigenvalue weighted by atomic mass is 10.1. The van der Waals surface area contributed by atoms with Gasteiger partial charge in [0.1, 0.15) is 12.4 Å². The van der Waals surface area contributed by atoms with Gasteiger partial charge >= 0.3 is 5.97 Å². The summed E-state index contributed by atoms with van der Waals surface area (Å²) < 4.78 is 6.86. The van der Waals surface area contributed by atoms with Crippen molar-refractivity contribution in [3.63, 3.8) is 0 Å². The highest BCUT2D eigenvalue weighted by atomic mass is 16.5. The van der Waals surface area contributed by atoms with Crippen molar-refractivity contribution in [1.29, 1.82) is 0 Å². The highest BCUT2D eigenvalue weighted by Crippen LogP contribution is 2.12. The maximum Gasteiger partial charge on any atom is 0.358 e. The molecule has 20 heavy (non-hydrogen) atoms. The Labute approximate surface area is 114 Å². The van der Waals surface area contributed by atoms with E-state index in [0.717, 1.165) is 0 Å². The zero-order chi connectivity index (χ0) is 14.5. The van der Waals surface area contributed by atoms with Crippen molar-refractivity contribution in [3.8, 4) is 5.75 Å². The van der Waals surface area contributed by atoms with Crippen LogP contribution in [0.15, 0.2) is 30.5 Å². The number of aromatic carboxylic acids is 1. The molecule has 0 saturated carbocycles. The second-order valence-electron chi connectivity index (χ2n) is 4.10. The summed E-state index contributed by atoms with van der Waals surface area (Å²) in [4.78, 5) is 21.7. The van der Waals surface area contributed by atoms with E-state index in [0.29, 0.717) is 24.5 Å². The Morgan fingerprint density at radius 2 is 2.00 bits per heavy atom. The van der Waals surface area contributed by atoms with Gasteiger partial charge in [0.25, 0.3) is 0 Å². The molecule has 7 nitrogen and oxygen atoms in total. The van der Waals surface area contributed by atoms with Crippen LogP contribution in [0.3, 0.4) is 0 Å². The van der Waals surface area contributed by atoms with Gasteiger partial charge in [0, 0.05) is 5.56 Å². The molecule has 0 unspecified atom stereocenters. The Morgan fingerprint density at radius 3 is 2.55 bits per heavy atom. The first-order chi connectivity index (χ1) is 9.56. The highest BCUT2D eigenvalue weighted by Gasteiger charge is 2.07. The van der Waals surface area contributed by atoms with Crippen molar-refractivity contribution in [3.05, 3.63) is 41.7 Å². The van der Waals surface area contributed by atoms with Crippen LogP contribution in [0.2, 0.25) is 0 Å². The Morgan fingerprint density at radius 1 is 1.30 bits per heavy atom. The van der Waals surface area contributed by atoms with Crippen LogP contribution in [0, 0.1) is 0 Å². The number of benzene rings is 1. The monoisotopic (exact) mass is 275 g/mol. The van der Waals surface area contributed by atoms with Crippen LogP contribution in [0.4, 0.5) is 0 Å². The molecule has 0 saturated heterocycles. The normalized spacial score (nSPS) is 10.2. The van der Waals surface area contributed by atoms with Crippen LogP contribution < -0.4 is 4.74 Å². The lowest BCUT2D eigenvalue weighted by Crippen LogP contribution is -2.09. The third kappa shape index (κ3) is 3.41. The first-order valence-corrected chi connectivity index (χ1v) is 5.93. The number of carbonyl (C=O) groups is 2. The third-order valence-corrected chi connectivity index (χ3v) is 2.61. The minimum Gasteiger partial charge on any atom is -0.492 e. The molecule has 0 atom stereocenters. The molecule has 1 aromatic carbocycles. The van der Waals surface area contributed by atoms with Crippen LogP contribution in [-0.2, 0) is 6.54 Å². The number of ether oxygens (including phenoxy) is 1. The van der Waals surface area contributed by atoms with Crippen molar-refractivity contribution in [2.75, 3.05) is 6.61 Å². The second-order valence-corrected chi connectivity index (χ2v) is 4.10. The topological polar surface area (TPSA) is 94.3 Å². The molecule has 2 rings (SSSR count). The van der Waals surface area contributed by atoms with Crippen molar-refractivity contribution in [1.82, 2.24) is 15.0 Å². The fourth-order valence-corrected chi connectivity index (χ4v) is 1.55. The third-order valence-electron chi connectivity index (χ3n) is 2.61. The number of carbonyl (C=O) groups excluding carboxylic acids is 1. The van der Waals surface area contributed by atoms with Gasteiger partial charge in [-0.15, -0.1) is 5.10 Å². The Kier molecular flexibility index (Phi) is 4.09. The Balaban J connectivity index is 1.85. The standard InChI is InChI=1S/C13H13N3O4/c1-9(17)10-2-4-11(5-3-10)20-7-6-16-8-12(13(18)19)14-15-16/h2-5,8H,6-7H2,1H3,(H,18,19). The van der Waals surface area contributed by atoms with Crippen LogP contribution in [-0.4, -0.2) is 38.5 Å². The van der Waals surface area contributed by atoms with Gasteiger partial charge in [-0.25, -0.2) is 9.48 Å². The van der Waals surface area contributed by atoms with Crippen molar-refractivity contribution in [2.45, 2.75) is 13.5 Å². The number of nitrogens with zero attached hydrogens (tertiary/aromatic N) is 3. The predicted molar refractivity (Wildman–Crippen MR) is 68.9 cm³/mol. The summed E-state index contributed by atoms with van der Waals surface area (Å²) >= 11 is 0. The van der Waals surface area contributed by atoms with E-state index in [1.807, 2.05) is 0 Å². The summed E-state index contributed by atoms with van der Waals surface area (Å²) in [7, 11) is 0. The maximum atomic E-state index is 11.1. The minimum atomic E-state index is -1.11. The SMILES string of the molecule is CC(=O)c1ccc(OCCn2cc(C(=O)O)nn2)cc1. The van der Waals surface area contributed by atoms with Crippen molar-refractivity contribution < 1.29 is 19.4 Å². The Hall–Kier alpha value is -2.70. The summed E-state index contributed by atoms with van der Waals surface area (Å²) in [5.41, 5.74) is 0.524. The molecular formula is C13H13N3O4. The number of hydrogen-bond acceptors (Lipinski definition) is 5. The quantitative estimate of drug-likeness (QED) is 0.797. The first-order valence-electron chi connectivity index (χ1n) is 5.93. The molecule has 0 radical (unpaired) electrons. The van der Waals surface area contributed by atoms with Gasteiger partial charge < -0.3 is 9.84 Å². The molecule has 1 aromatic heterocycles. The van der Waals surface area contributed by atoms with E-state index in [9.17, 15) is 9.59 Å². The largest absolute Gasteiger partial charge is 0.492 e. The fourth-order valence-electron chi connectivity index (χ4n) is 1.55. The molecule has 0 aliphatic rings. The molecule has 7 heteroatoms. The number of rotatable bonds is 6. The molecule has 0 aliphatic carbocycles. The smallest absolute Gasteiger partial charge is 0.358 e. The van der Waals surface area contributed by atoms with Gasteiger partial charge in [0.2, 0.25) is 0 Å². The lowest BCUT2D eigenvalue weighted by molar-refractivity contribution is 0.0690. The number of aromatic nitrogens is 3. The zero-order valence-corrected chi connectivity index (χ0v) is 10.8. The van der Waals surface area contributed by atoms with Crippen LogP contribution in [0.1, 0.15) is 27.8 Å². The van der Waals surface area contributed by atoms with Gasteiger partial charge in [0.05, 0.1) is 12.7 Å². The van der Waals surface area contributed by atoms with Gasteiger partial charge in [0.15, 0.2) is 11.5 Å². The minimum absolute atomic E-state index is 0.000338. The molecule has 0 amide bonds. The van der Waals surface area contributed by atoms with Crippen LogP contribution in [0.5, 0.6) is 5.75 Å². The number of carboxylic acid groups (broad SMARTS) is 1. The van der Waals surface area contributed by atoms with Crippen molar-refractivity contribution >= 4 is 11.8 Å². The maximum absolute atomic E-state index is 11.1. The number of hydrogen-bond donors (Lipinski definition) is 1. The molecule has 0 bridgehead atoms. The van der Waals surface area contributed by atoms with E-state index in [2.05, 4.69) is 10.3 Å². The molecule has 104 valence electrons. The molecule has 2 aromatic rings. The molecule has 0 spiro atoms. The lowest BCUT2D eigenvalue weighted by Gasteiger charge is -2.06. The number of ketones is 1. The summed E-state index contributed by atoms with van der Waals surface area (Å²) in [5, 5.41) is 15.9. The predicted octanol–water partition coefficient (Wildman–Crippen LogP) is 1.26. The molecule has 1 N–H and O–H groups in total. The first kappa shape index (κ1) is 13.7. The Bertz CT molecular complexity index is 619. The second kappa shape index (κ2) is 5.96. The fraction of sp³-hybridized carbons (Fsp3) is 0.231. The summed E-state index contributed by atoms with van der Waals surface area (Å²) in [6.07, 6.45) is 1.34. The van der Waals surface area contributed by atoms with Crippen molar-refractivity contribution in [2.24, 2.45) is 0 Å². The van der Waals surface area contributed by atoms with Crippen LogP contribution in [0.25, 0.3) is 0 Å². The molecular weight excluding hydrogens is 262 g/mol.